The van der Waals surface area contributed by atoms with E-state index in [2.05, 4.69) is 10.6 Å². The first kappa shape index (κ1) is 22.9. The summed E-state index contributed by atoms with van der Waals surface area (Å²) >= 11 is 0. The lowest BCUT2D eigenvalue weighted by Gasteiger charge is -2.34. The standard InChI is InChI=1S/C22H26FN3O4S/c1-16-9-11-18(12-10-16)31(29,30)26-15-5-4-6-17(26)13-14-24-21(27)22(28)25-20-8-3-2-7-19(20)23/h2-3,7-12,17H,4-6,13-15H2,1H3,(H,24,27)(H,25,28)/t17-/m1/s1. The first-order valence-corrected chi connectivity index (χ1v) is 11.7. The first-order valence-electron chi connectivity index (χ1n) is 10.2. The minimum absolute atomic E-state index is 0.0784. The number of carbonyl (C=O) groups is 2. The van der Waals surface area contributed by atoms with E-state index in [4.69, 9.17) is 0 Å². The third kappa shape index (κ3) is 5.68. The van der Waals surface area contributed by atoms with Crippen LogP contribution in [0.4, 0.5) is 10.1 Å². The summed E-state index contributed by atoms with van der Waals surface area (Å²) in [6, 6.07) is 12.0. The van der Waals surface area contributed by atoms with Gasteiger partial charge >= 0.3 is 11.8 Å². The van der Waals surface area contributed by atoms with Crippen LogP contribution in [0.15, 0.2) is 53.4 Å². The normalized spacial score (nSPS) is 17.2. The lowest BCUT2D eigenvalue weighted by Crippen LogP contribution is -2.45. The fourth-order valence-corrected chi connectivity index (χ4v) is 5.32. The van der Waals surface area contributed by atoms with Gasteiger partial charge < -0.3 is 10.6 Å². The lowest BCUT2D eigenvalue weighted by atomic mass is 10.0. The molecule has 3 rings (SSSR count). The van der Waals surface area contributed by atoms with E-state index in [1.807, 2.05) is 6.92 Å². The Kier molecular flexibility index (Phi) is 7.40. The zero-order valence-electron chi connectivity index (χ0n) is 17.3. The predicted octanol–water partition coefficient (Wildman–Crippen LogP) is 2.82. The number of halogens is 1. The summed E-state index contributed by atoms with van der Waals surface area (Å²) in [5, 5.41) is 4.72. The molecule has 1 heterocycles. The van der Waals surface area contributed by atoms with Crippen molar-refractivity contribution < 1.29 is 22.4 Å². The van der Waals surface area contributed by atoms with E-state index < -0.39 is 27.7 Å². The monoisotopic (exact) mass is 447 g/mol. The van der Waals surface area contributed by atoms with Crippen molar-refractivity contribution in [2.24, 2.45) is 0 Å². The van der Waals surface area contributed by atoms with E-state index in [1.165, 1.54) is 22.5 Å². The topological polar surface area (TPSA) is 95.6 Å². The van der Waals surface area contributed by atoms with Crippen molar-refractivity contribution in [2.75, 3.05) is 18.4 Å². The fourth-order valence-electron chi connectivity index (χ4n) is 3.60. The number of aryl methyl sites for hydroxylation is 1. The third-order valence-corrected chi connectivity index (χ3v) is 7.26. The Hall–Kier alpha value is -2.78. The number of hydrogen-bond acceptors (Lipinski definition) is 4. The second kappa shape index (κ2) is 10.0. The Bertz CT molecular complexity index is 1040. The van der Waals surface area contributed by atoms with Crippen LogP contribution in [-0.2, 0) is 19.6 Å². The number of sulfonamides is 1. The SMILES string of the molecule is Cc1ccc(S(=O)(=O)N2CCCC[C@@H]2CCNC(=O)C(=O)Nc2ccccc2F)cc1. The van der Waals surface area contributed by atoms with Crippen LogP contribution in [0, 0.1) is 12.7 Å². The van der Waals surface area contributed by atoms with Gasteiger partial charge in [0.15, 0.2) is 0 Å². The highest BCUT2D eigenvalue weighted by Gasteiger charge is 2.33. The molecule has 1 aliphatic rings. The van der Waals surface area contributed by atoms with Crippen molar-refractivity contribution >= 4 is 27.5 Å². The van der Waals surface area contributed by atoms with E-state index in [9.17, 15) is 22.4 Å². The van der Waals surface area contributed by atoms with Crippen LogP contribution in [0.3, 0.4) is 0 Å². The Labute approximate surface area is 181 Å². The molecule has 1 atom stereocenters. The smallest absolute Gasteiger partial charge is 0.313 e. The van der Waals surface area contributed by atoms with Gasteiger partial charge in [-0.25, -0.2) is 12.8 Å². The molecule has 2 N–H and O–H groups in total. The molecule has 166 valence electrons. The third-order valence-electron chi connectivity index (χ3n) is 5.29. The number of amides is 2. The number of para-hydroxylation sites is 1. The maximum atomic E-state index is 13.6. The highest BCUT2D eigenvalue weighted by Crippen LogP contribution is 2.27. The molecule has 9 heteroatoms. The second-order valence-electron chi connectivity index (χ2n) is 7.56. The largest absolute Gasteiger partial charge is 0.348 e. The maximum Gasteiger partial charge on any atom is 0.313 e. The molecule has 2 aromatic rings. The predicted molar refractivity (Wildman–Crippen MR) is 115 cm³/mol. The van der Waals surface area contributed by atoms with E-state index in [0.717, 1.165) is 18.4 Å². The van der Waals surface area contributed by atoms with Gasteiger partial charge in [-0.05, 0) is 50.5 Å². The van der Waals surface area contributed by atoms with Gasteiger partial charge in [-0.1, -0.05) is 36.2 Å². The summed E-state index contributed by atoms with van der Waals surface area (Å²) in [5.41, 5.74) is 0.899. The van der Waals surface area contributed by atoms with Crippen LogP contribution in [0.1, 0.15) is 31.2 Å². The molecule has 2 amide bonds. The van der Waals surface area contributed by atoms with Crippen LogP contribution in [0.25, 0.3) is 0 Å². The Morgan fingerprint density at radius 3 is 2.48 bits per heavy atom. The van der Waals surface area contributed by atoms with Crippen LogP contribution in [-0.4, -0.2) is 43.7 Å². The van der Waals surface area contributed by atoms with Crippen molar-refractivity contribution in [3.63, 3.8) is 0 Å². The lowest BCUT2D eigenvalue weighted by molar-refractivity contribution is -0.136. The minimum Gasteiger partial charge on any atom is -0.348 e. The molecule has 0 unspecified atom stereocenters. The van der Waals surface area contributed by atoms with Gasteiger partial charge in [0.05, 0.1) is 10.6 Å². The van der Waals surface area contributed by atoms with Gasteiger partial charge in [0, 0.05) is 19.1 Å². The minimum atomic E-state index is -3.64. The van der Waals surface area contributed by atoms with Gasteiger partial charge in [0.1, 0.15) is 5.82 Å². The molecule has 2 aromatic carbocycles. The second-order valence-corrected chi connectivity index (χ2v) is 9.45. The number of nitrogens with zero attached hydrogens (tertiary/aromatic N) is 1. The molecule has 1 aliphatic heterocycles. The van der Waals surface area contributed by atoms with Crippen molar-refractivity contribution in [2.45, 2.75) is 43.5 Å². The Morgan fingerprint density at radius 2 is 1.77 bits per heavy atom. The zero-order valence-corrected chi connectivity index (χ0v) is 18.1. The molecule has 0 aliphatic carbocycles. The van der Waals surface area contributed by atoms with Crippen LogP contribution < -0.4 is 10.6 Å². The summed E-state index contributed by atoms with van der Waals surface area (Å²) in [7, 11) is -3.64. The maximum absolute atomic E-state index is 13.6. The van der Waals surface area contributed by atoms with Gasteiger partial charge in [0.25, 0.3) is 0 Å². The molecular weight excluding hydrogens is 421 g/mol. The molecule has 0 bridgehead atoms. The van der Waals surface area contributed by atoms with Crippen molar-refractivity contribution in [1.82, 2.24) is 9.62 Å². The van der Waals surface area contributed by atoms with Crippen molar-refractivity contribution in [1.29, 1.82) is 0 Å². The number of piperidine rings is 1. The number of rotatable bonds is 6. The Balaban J connectivity index is 1.58. The number of benzene rings is 2. The summed E-state index contributed by atoms with van der Waals surface area (Å²) in [4.78, 5) is 24.3. The number of nitrogens with one attached hydrogen (secondary N) is 2. The highest BCUT2D eigenvalue weighted by atomic mass is 32.2. The van der Waals surface area contributed by atoms with E-state index in [0.29, 0.717) is 19.4 Å². The molecule has 7 nitrogen and oxygen atoms in total. The number of anilines is 1. The Morgan fingerprint density at radius 1 is 1.06 bits per heavy atom. The van der Waals surface area contributed by atoms with Crippen molar-refractivity contribution in [3.05, 3.63) is 59.9 Å². The number of carbonyl (C=O) groups excluding carboxylic acids is 2. The molecule has 0 aromatic heterocycles. The first-order chi connectivity index (χ1) is 14.8. The number of hydrogen-bond donors (Lipinski definition) is 2. The summed E-state index contributed by atoms with van der Waals surface area (Å²) in [6.45, 7) is 2.45. The van der Waals surface area contributed by atoms with Crippen LogP contribution in [0.2, 0.25) is 0 Å². The van der Waals surface area contributed by atoms with E-state index >= 15 is 0 Å². The van der Waals surface area contributed by atoms with Gasteiger partial charge in [-0.2, -0.15) is 4.31 Å². The van der Waals surface area contributed by atoms with Gasteiger partial charge in [-0.3, -0.25) is 9.59 Å². The molecule has 31 heavy (non-hydrogen) atoms. The molecular formula is C22H26FN3O4S. The molecule has 0 radical (unpaired) electrons. The average Bonchev–Trinajstić information content (AvgIpc) is 2.76. The molecule has 1 fully saturated rings. The average molecular weight is 448 g/mol. The summed E-state index contributed by atoms with van der Waals surface area (Å²) in [6.07, 6.45) is 2.73. The van der Waals surface area contributed by atoms with Crippen LogP contribution in [0.5, 0.6) is 0 Å². The molecule has 0 saturated carbocycles. The fraction of sp³-hybridized carbons (Fsp3) is 0.364. The summed E-state index contributed by atoms with van der Waals surface area (Å²) < 4.78 is 41.3. The highest BCUT2D eigenvalue weighted by molar-refractivity contribution is 7.89. The van der Waals surface area contributed by atoms with E-state index in [1.54, 1.807) is 30.3 Å². The molecule has 0 spiro atoms. The quantitative estimate of drug-likeness (QED) is 0.666. The molecule has 1 saturated heterocycles. The van der Waals surface area contributed by atoms with Gasteiger partial charge in [-0.15, -0.1) is 0 Å². The zero-order chi connectivity index (χ0) is 22.4. The van der Waals surface area contributed by atoms with E-state index in [-0.39, 0.29) is 23.2 Å². The van der Waals surface area contributed by atoms with Crippen LogP contribution >= 0.6 is 0 Å². The summed E-state index contributed by atoms with van der Waals surface area (Å²) in [5.74, 6) is -2.51. The van der Waals surface area contributed by atoms with Crippen molar-refractivity contribution in [3.8, 4) is 0 Å². The van der Waals surface area contributed by atoms with Gasteiger partial charge in [0.2, 0.25) is 10.0 Å².